The Morgan fingerprint density at radius 2 is 0.563 bits per heavy atom. The minimum atomic E-state index is -0.772. The van der Waals surface area contributed by atoms with Crippen LogP contribution in [-0.4, -0.2) is 36.4 Å². The van der Waals surface area contributed by atoms with Crippen LogP contribution in [0.5, 0.6) is 0 Å². The van der Waals surface area contributed by atoms with Crippen molar-refractivity contribution in [3.63, 3.8) is 0 Å². The molecule has 1 unspecified atom stereocenters. The molecule has 0 aliphatic carbocycles. The molecule has 71 heavy (non-hydrogen) atoms. The van der Waals surface area contributed by atoms with Crippen molar-refractivity contribution in [1.29, 1.82) is 0 Å². The van der Waals surface area contributed by atoms with Crippen molar-refractivity contribution in [3.05, 3.63) is 48.6 Å². The zero-order valence-electron chi connectivity index (χ0n) is 47.8. The van der Waals surface area contributed by atoms with Crippen LogP contribution in [0.1, 0.15) is 341 Å². The van der Waals surface area contributed by atoms with Gasteiger partial charge in [-0.05, 0) is 77.0 Å². The fourth-order valence-electron chi connectivity index (χ4n) is 9.56. The molecular weight excluding hydrogens is 873 g/mol. The van der Waals surface area contributed by atoms with E-state index in [0.717, 1.165) is 51.4 Å². The van der Waals surface area contributed by atoms with E-state index in [1.165, 1.54) is 263 Å². The lowest BCUT2D eigenvalue weighted by Gasteiger charge is -2.15. The summed E-state index contributed by atoms with van der Waals surface area (Å²) in [4.78, 5) is 24.5. The normalized spacial score (nSPS) is 12.4. The maximum Gasteiger partial charge on any atom is 0.306 e. The van der Waals surface area contributed by atoms with Gasteiger partial charge in [-0.25, -0.2) is 0 Å². The van der Waals surface area contributed by atoms with Gasteiger partial charge in [-0.3, -0.25) is 9.59 Å². The number of carbonyl (C=O) groups is 2. The maximum atomic E-state index is 12.3. The summed E-state index contributed by atoms with van der Waals surface area (Å²) in [7, 11) is 0. The lowest BCUT2D eigenvalue weighted by atomic mass is 10.0. The third-order valence-electron chi connectivity index (χ3n) is 14.3. The molecule has 0 saturated heterocycles. The lowest BCUT2D eigenvalue weighted by Crippen LogP contribution is -2.28. The van der Waals surface area contributed by atoms with Gasteiger partial charge in [0.15, 0.2) is 6.10 Å². The van der Waals surface area contributed by atoms with E-state index in [4.69, 9.17) is 9.47 Å². The second-order valence-electron chi connectivity index (χ2n) is 21.5. The van der Waals surface area contributed by atoms with Gasteiger partial charge in [-0.15, -0.1) is 0 Å². The number of carbonyl (C=O) groups excluding carboxylic acids is 2. The number of hydrogen-bond acceptors (Lipinski definition) is 5. The van der Waals surface area contributed by atoms with Crippen molar-refractivity contribution < 1.29 is 24.2 Å². The first-order chi connectivity index (χ1) is 35.1. The van der Waals surface area contributed by atoms with Crippen molar-refractivity contribution in [3.8, 4) is 0 Å². The molecule has 0 fully saturated rings. The summed E-state index contributed by atoms with van der Waals surface area (Å²) in [5, 5.41) is 9.66. The van der Waals surface area contributed by atoms with Crippen molar-refractivity contribution in [2.75, 3.05) is 13.2 Å². The molecule has 0 aromatic heterocycles. The highest BCUT2D eigenvalue weighted by molar-refractivity contribution is 5.70. The summed E-state index contributed by atoms with van der Waals surface area (Å²) < 4.78 is 10.7. The Bertz CT molecular complexity index is 1170. The largest absolute Gasteiger partial charge is 0.462 e. The molecule has 5 nitrogen and oxygen atoms in total. The Morgan fingerprint density at radius 3 is 0.859 bits per heavy atom. The third-order valence-corrected chi connectivity index (χ3v) is 14.3. The van der Waals surface area contributed by atoms with Crippen molar-refractivity contribution in [2.45, 2.75) is 347 Å². The quantitative estimate of drug-likeness (QED) is 0.0373. The molecule has 0 heterocycles. The van der Waals surface area contributed by atoms with Crippen molar-refractivity contribution in [2.24, 2.45) is 0 Å². The molecule has 0 bridgehead atoms. The molecule has 0 amide bonds. The second-order valence-corrected chi connectivity index (χ2v) is 21.5. The van der Waals surface area contributed by atoms with E-state index in [9.17, 15) is 14.7 Å². The molecule has 5 heteroatoms. The van der Waals surface area contributed by atoms with Crippen LogP contribution in [0.15, 0.2) is 48.6 Å². The van der Waals surface area contributed by atoms with Crippen LogP contribution < -0.4 is 0 Å². The summed E-state index contributed by atoms with van der Waals surface area (Å²) in [6.07, 6.45) is 82.7. The Balaban J connectivity index is 3.39. The Morgan fingerprint density at radius 1 is 0.324 bits per heavy atom. The Hall–Kier alpha value is -2.14. The highest BCUT2D eigenvalue weighted by Gasteiger charge is 2.16. The lowest BCUT2D eigenvalue weighted by molar-refractivity contribution is -0.161. The number of ether oxygens (including phenoxy) is 2. The fourth-order valence-corrected chi connectivity index (χ4v) is 9.56. The number of unbranched alkanes of at least 4 members (excludes halogenated alkanes) is 43. The van der Waals surface area contributed by atoms with E-state index in [1.54, 1.807) is 0 Å². The van der Waals surface area contributed by atoms with Gasteiger partial charge in [-0.2, -0.15) is 0 Å². The number of rotatable bonds is 59. The monoisotopic (exact) mass is 995 g/mol. The summed E-state index contributed by atoms with van der Waals surface area (Å²) in [6, 6.07) is 0. The van der Waals surface area contributed by atoms with Crippen LogP contribution in [0.3, 0.4) is 0 Å². The maximum absolute atomic E-state index is 12.3. The number of allylic oxidation sites excluding steroid dienone is 8. The van der Waals surface area contributed by atoms with E-state index in [0.29, 0.717) is 12.8 Å². The highest BCUT2D eigenvalue weighted by atomic mass is 16.6. The van der Waals surface area contributed by atoms with E-state index < -0.39 is 6.10 Å². The predicted octanol–water partition coefficient (Wildman–Crippen LogP) is 21.6. The van der Waals surface area contributed by atoms with Gasteiger partial charge in [0.1, 0.15) is 6.61 Å². The molecule has 416 valence electrons. The molecule has 0 spiro atoms. The van der Waals surface area contributed by atoms with Crippen LogP contribution >= 0.6 is 0 Å². The van der Waals surface area contributed by atoms with Gasteiger partial charge < -0.3 is 14.6 Å². The van der Waals surface area contributed by atoms with Crippen LogP contribution in [0, 0.1) is 0 Å². The van der Waals surface area contributed by atoms with Crippen LogP contribution in [-0.2, 0) is 19.1 Å². The second kappa shape index (κ2) is 62.2. The molecule has 0 saturated carbocycles. The minimum absolute atomic E-state index is 0.0638. The zero-order valence-corrected chi connectivity index (χ0v) is 47.8. The molecule has 0 rings (SSSR count). The van der Waals surface area contributed by atoms with Crippen molar-refractivity contribution >= 4 is 11.9 Å². The van der Waals surface area contributed by atoms with E-state index >= 15 is 0 Å². The first kappa shape index (κ1) is 68.9. The van der Waals surface area contributed by atoms with E-state index in [-0.39, 0.29) is 25.2 Å². The van der Waals surface area contributed by atoms with Gasteiger partial charge >= 0.3 is 11.9 Å². The predicted molar refractivity (Wildman–Crippen MR) is 311 cm³/mol. The molecule has 0 aromatic carbocycles. The Kier molecular flexibility index (Phi) is 60.3. The van der Waals surface area contributed by atoms with Crippen LogP contribution in [0.4, 0.5) is 0 Å². The van der Waals surface area contributed by atoms with Crippen molar-refractivity contribution in [1.82, 2.24) is 0 Å². The minimum Gasteiger partial charge on any atom is -0.462 e. The van der Waals surface area contributed by atoms with Crippen LogP contribution in [0.25, 0.3) is 0 Å². The molecule has 0 radical (unpaired) electrons. The SMILES string of the molecule is CCCCCCC/C=C\C/C=C\C/C=C\CCCCCCCCCCCCCCCCCCCCCCCCCCC(=O)OC(CO)COC(=O)CCCCCCCCC/C=C\CCCCCCCCC. The first-order valence-corrected chi connectivity index (χ1v) is 31.7. The molecule has 0 aliphatic rings. The summed E-state index contributed by atoms with van der Waals surface area (Å²) in [6.45, 7) is 4.16. The Labute approximate surface area is 443 Å². The van der Waals surface area contributed by atoms with Gasteiger partial charge in [0.05, 0.1) is 6.61 Å². The molecule has 1 atom stereocenters. The standard InChI is InChI=1S/C66H122O5/c1-3-5-7-9-11-13-15-17-19-21-23-24-25-26-27-28-29-30-31-32-33-34-35-36-37-38-39-40-41-42-43-45-47-49-51-53-55-57-59-61-66(69)71-64(62-67)63-70-65(68)60-58-56-54-52-50-48-46-44-22-20-18-16-14-12-10-8-6-4-2/h15,17,20-23,25-26,64,67H,3-14,16,18-19,24,27-63H2,1-2H3/b17-15-,22-20-,23-21-,26-25-. The summed E-state index contributed by atoms with van der Waals surface area (Å²) in [5.41, 5.74) is 0. The molecule has 1 N–H and O–H groups in total. The highest BCUT2D eigenvalue weighted by Crippen LogP contribution is 2.18. The average molecular weight is 996 g/mol. The van der Waals surface area contributed by atoms with E-state index in [1.807, 2.05) is 0 Å². The summed E-state index contributed by atoms with van der Waals surface area (Å²) in [5.74, 6) is -0.579. The smallest absolute Gasteiger partial charge is 0.306 e. The summed E-state index contributed by atoms with van der Waals surface area (Å²) >= 11 is 0. The fraction of sp³-hybridized carbons (Fsp3) is 0.848. The molecular formula is C66H122O5. The van der Waals surface area contributed by atoms with Gasteiger partial charge in [0.2, 0.25) is 0 Å². The van der Waals surface area contributed by atoms with Gasteiger partial charge in [0, 0.05) is 12.8 Å². The number of aliphatic hydroxyl groups excluding tert-OH is 1. The average Bonchev–Trinajstić information content (AvgIpc) is 3.37. The first-order valence-electron chi connectivity index (χ1n) is 31.7. The molecule has 0 aliphatic heterocycles. The van der Waals surface area contributed by atoms with Gasteiger partial charge in [-0.1, -0.05) is 300 Å². The topological polar surface area (TPSA) is 72.8 Å². The number of hydrogen-bond donors (Lipinski definition) is 1. The third kappa shape index (κ3) is 60.3. The number of esters is 2. The van der Waals surface area contributed by atoms with E-state index in [2.05, 4.69) is 62.5 Å². The zero-order chi connectivity index (χ0) is 51.3. The number of aliphatic hydroxyl groups is 1. The molecule has 0 aromatic rings. The van der Waals surface area contributed by atoms with Crippen LogP contribution in [0.2, 0.25) is 0 Å². The van der Waals surface area contributed by atoms with Gasteiger partial charge in [0.25, 0.3) is 0 Å².